The smallest absolute Gasteiger partial charge is 0.274 e. The summed E-state index contributed by atoms with van der Waals surface area (Å²) in [7, 11) is 0. The van der Waals surface area contributed by atoms with Crippen molar-refractivity contribution in [1.82, 2.24) is 14.9 Å². The summed E-state index contributed by atoms with van der Waals surface area (Å²) in [6, 6.07) is 4.01. The minimum absolute atomic E-state index is 0.0838. The number of nitrogens with zero attached hydrogens (tertiary/aromatic N) is 3. The molecule has 0 bridgehead atoms. The number of hydrogen-bond donors (Lipinski definition) is 0. The molecule has 4 nitrogen and oxygen atoms in total. The Morgan fingerprint density at radius 2 is 2.16 bits per heavy atom. The number of carbonyl (C=O) groups excluding carboxylic acids is 1. The summed E-state index contributed by atoms with van der Waals surface area (Å²) in [6.45, 7) is 5.05. The number of thiophene rings is 1. The molecule has 0 aromatic carbocycles. The molecule has 0 saturated heterocycles. The van der Waals surface area contributed by atoms with E-state index in [4.69, 9.17) is 0 Å². The molecule has 0 spiro atoms. The molecule has 0 atom stereocenters. The summed E-state index contributed by atoms with van der Waals surface area (Å²) < 4.78 is 1.07. The van der Waals surface area contributed by atoms with E-state index in [-0.39, 0.29) is 5.91 Å². The number of halogens is 1. The highest BCUT2D eigenvalue weighted by Gasteiger charge is 2.16. The zero-order chi connectivity index (χ0) is 13.8. The molecule has 0 radical (unpaired) electrons. The summed E-state index contributed by atoms with van der Waals surface area (Å²) >= 11 is 5.06. The molecule has 0 aliphatic carbocycles. The molecule has 1 amide bonds. The Hall–Kier alpha value is -1.27. The lowest BCUT2D eigenvalue weighted by Crippen LogP contribution is -2.30. The lowest BCUT2D eigenvalue weighted by Gasteiger charge is -2.19. The van der Waals surface area contributed by atoms with Crippen molar-refractivity contribution in [2.24, 2.45) is 0 Å². The van der Waals surface area contributed by atoms with Gasteiger partial charge >= 0.3 is 0 Å². The summed E-state index contributed by atoms with van der Waals surface area (Å²) in [5.74, 6) is -0.0838. The van der Waals surface area contributed by atoms with Crippen LogP contribution in [0.4, 0.5) is 0 Å². The highest BCUT2D eigenvalue weighted by atomic mass is 79.9. The largest absolute Gasteiger partial charge is 0.332 e. The molecule has 0 N–H and O–H groups in total. The molecule has 0 aliphatic rings. The zero-order valence-corrected chi connectivity index (χ0v) is 13.2. The van der Waals surface area contributed by atoms with Gasteiger partial charge in [-0.25, -0.2) is 4.98 Å². The van der Waals surface area contributed by atoms with Gasteiger partial charge in [0.05, 0.1) is 22.2 Å². The van der Waals surface area contributed by atoms with Gasteiger partial charge < -0.3 is 4.90 Å². The van der Waals surface area contributed by atoms with Gasteiger partial charge in [-0.3, -0.25) is 9.78 Å². The predicted molar refractivity (Wildman–Crippen MR) is 79.2 cm³/mol. The van der Waals surface area contributed by atoms with Gasteiger partial charge in [0.1, 0.15) is 5.69 Å². The fraction of sp³-hybridized carbons (Fsp3) is 0.308. The van der Waals surface area contributed by atoms with Crippen molar-refractivity contribution in [2.45, 2.75) is 20.4 Å². The van der Waals surface area contributed by atoms with Gasteiger partial charge in [-0.1, -0.05) is 0 Å². The second-order valence-corrected chi connectivity index (χ2v) is 6.62. The molecule has 100 valence electrons. The summed E-state index contributed by atoms with van der Waals surface area (Å²) in [4.78, 5) is 23.5. The number of rotatable bonds is 4. The summed E-state index contributed by atoms with van der Waals surface area (Å²) in [5, 5.41) is 0. The van der Waals surface area contributed by atoms with E-state index in [1.807, 2.05) is 26.0 Å². The first-order valence-corrected chi connectivity index (χ1v) is 7.53. The van der Waals surface area contributed by atoms with Crippen LogP contribution in [0, 0.1) is 6.92 Å². The van der Waals surface area contributed by atoms with Crippen molar-refractivity contribution in [3.05, 3.63) is 44.6 Å². The van der Waals surface area contributed by atoms with Crippen molar-refractivity contribution in [3.63, 3.8) is 0 Å². The second kappa shape index (κ2) is 6.25. The van der Waals surface area contributed by atoms with Crippen LogP contribution in [0.25, 0.3) is 0 Å². The van der Waals surface area contributed by atoms with Crippen molar-refractivity contribution >= 4 is 33.2 Å². The Kier molecular flexibility index (Phi) is 4.66. The van der Waals surface area contributed by atoms with E-state index in [0.717, 1.165) is 14.4 Å². The van der Waals surface area contributed by atoms with Crippen LogP contribution < -0.4 is 0 Å². The Morgan fingerprint density at radius 1 is 1.37 bits per heavy atom. The molecule has 2 aromatic rings. The van der Waals surface area contributed by atoms with Crippen molar-refractivity contribution in [1.29, 1.82) is 0 Å². The summed E-state index contributed by atoms with van der Waals surface area (Å²) in [5.41, 5.74) is 1.20. The summed E-state index contributed by atoms with van der Waals surface area (Å²) in [6.07, 6.45) is 3.15. The number of amides is 1. The van der Waals surface area contributed by atoms with Gasteiger partial charge in [0.15, 0.2) is 0 Å². The number of carbonyl (C=O) groups is 1. The quantitative estimate of drug-likeness (QED) is 0.858. The van der Waals surface area contributed by atoms with Crippen LogP contribution in [0.15, 0.2) is 28.3 Å². The fourth-order valence-electron chi connectivity index (χ4n) is 1.62. The van der Waals surface area contributed by atoms with Crippen molar-refractivity contribution in [2.75, 3.05) is 6.54 Å². The fourth-order valence-corrected chi connectivity index (χ4v) is 3.12. The maximum atomic E-state index is 12.3. The van der Waals surface area contributed by atoms with Crippen LogP contribution in [0.3, 0.4) is 0 Å². The van der Waals surface area contributed by atoms with Crippen LogP contribution >= 0.6 is 27.3 Å². The topological polar surface area (TPSA) is 46.1 Å². The van der Waals surface area contributed by atoms with Gasteiger partial charge in [-0.05, 0) is 41.9 Å². The Morgan fingerprint density at radius 3 is 2.68 bits per heavy atom. The van der Waals surface area contributed by atoms with E-state index in [0.29, 0.717) is 18.8 Å². The second-order valence-electron chi connectivity index (χ2n) is 4.07. The van der Waals surface area contributed by atoms with Crippen LogP contribution in [-0.2, 0) is 6.54 Å². The van der Waals surface area contributed by atoms with Crippen LogP contribution in [0.2, 0.25) is 0 Å². The van der Waals surface area contributed by atoms with Crippen molar-refractivity contribution < 1.29 is 4.79 Å². The number of hydrogen-bond acceptors (Lipinski definition) is 4. The van der Waals surface area contributed by atoms with E-state index in [9.17, 15) is 4.79 Å². The van der Waals surface area contributed by atoms with Crippen molar-refractivity contribution in [3.8, 4) is 0 Å². The third kappa shape index (κ3) is 3.61. The van der Waals surface area contributed by atoms with E-state index in [2.05, 4.69) is 25.9 Å². The van der Waals surface area contributed by atoms with E-state index >= 15 is 0 Å². The Bertz CT molecular complexity index is 568. The third-order valence-electron chi connectivity index (χ3n) is 2.64. The first kappa shape index (κ1) is 14.1. The lowest BCUT2D eigenvalue weighted by atomic mass is 10.3. The molecule has 2 aromatic heterocycles. The molecule has 0 unspecified atom stereocenters. The van der Waals surface area contributed by atoms with E-state index in [1.165, 1.54) is 6.20 Å². The van der Waals surface area contributed by atoms with Crippen LogP contribution in [0.5, 0.6) is 0 Å². The molecule has 2 rings (SSSR count). The van der Waals surface area contributed by atoms with Gasteiger partial charge in [-0.2, -0.15) is 0 Å². The number of aromatic nitrogens is 2. The third-order valence-corrected chi connectivity index (χ3v) is 4.25. The van der Waals surface area contributed by atoms with Crippen LogP contribution in [0.1, 0.15) is 28.0 Å². The van der Waals surface area contributed by atoms with Gasteiger partial charge in [0, 0.05) is 17.6 Å². The van der Waals surface area contributed by atoms with E-state index in [1.54, 1.807) is 22.4 Å². The first-order chi connectivity index (χ1) is 9.10. The minimum atomic E-state index is -0.0838. The molecule has 0 saturated carbocycles. The molecular formula is C13H14BrN3OS. The first-order valence-electron chi connectivity index (χ1n) is 5.92. The monoisotopic (exact) mass is 339 g/mol. The average Bonchev–Trinajstić information content (AvgIpc) is 2.81. The Balaban J connectivity index is 2.12. The van der Waals surface area contributed by atoms with E-state index < -0.39 is 0 Å². The molecule has 0 fully saturated rings. The molecule has 0 aliphatic heterocycles. The lowest BCUT2D eigenvalue weighted by molar-refractivity contribution is 0.0747. The Labute approximate surface area is 124 Å². The average molecular weight is 340 g/mol. The van der Waals surface area contributed by atoms with Gasteiger partial charge in [0.25, 0.3) is 5.91 Å². The highest BCUT2D eigenvalue weighted by Crippen LogP contribution is 2.23. The SMILES string of the molecule is CCN(Cc1ccc(Br)s1)C(=O)c1cnc(C)cn1. The number of aryl methyl sites for hydroxylation is 1. The maximum Gasteiger partial charge on any atom is 0.274 e. The van der Waals surface area contributed by atoms with Gasteiger partial charge in [-0.15, -0.1) is 11.3 Å². The highest BCUT2D eigenvalue weighted by molar-refractivity contribution is 9.11. The normalized spacial score (nSPS) is 10.5. The molecule has 6 heteroatoms. The maximum absolute atomic E-state index is 12.3. The minimum Gasteiger partial charge on any atom is -0.332 e. The molecule has 19 heavy (non-hydrogen) atoms. The van der Waals surface area contributed by atoms with Crippen LogP contribution in [-0.4, -0.2) is 27.3 Å². The standard InChI is InChI=1S/C13H14BrN3OS/c1-3-17(8-10-4-5-12(14)19-10)13(18)11-7-15-9(2)6-16-11/h4-7H,3,8H2,1-2H3. The molecular weight excluding hydrogens is 326 g/mol. The van der Waals surface area contributed by atoms with Gasteiger partial charge in [0.2, 0.25) is 0 Å². The predicted octanol–water partition coefficient (Wildman–Crippen LogP) is 3.27. The molecule has 2 heterocycles. The zero-order valence-electron chi connectivity index (χ0n) is 10.8.